The molecule has 0 radical (unpaired) electrons. The zero-order chi connectivity index (χ0) is 14.4. The Bertz CT molecular complexity index is 441. The maximum absolute atomic E-state index is 12.3. The van der Waals surface area contributed by atoms with E-state index in [0.717, 1.165) is 32.1 Å². The number of hydrogen-bond acceptors (Lipinski definition) is 4. The Balaban J connectivity index is 1.99. The van der Waals surface area contributed by atoms with E-state index in [9.17, 15) is 9.59 Å². The van der Waals surface area contributed by atoms with E-state index in [1.807, 2.05) is 0 Å². The van der Waals surface area contributed by atoms with Gasteiger partial charge in [-0.15, -0.1) is 0 Å². The van der Waals surface area contributed by atoms with Gasteiger partial charge in [0.05, 0.1) is 6.26 Å². The topological polar surface area (TPSA) is 59.8 Å². The van der Waals surface area contributed by atoms with Gasteiger partial charge in [0.15, 0.2) is 5.76 Å². The number of piperidine rings is 1. The largest absolute Gasteiger partial charge is 0.461 e. The summed E-state index contributed by atoms with van der Waals surface area (Å²) in [6.45, 7) is 1.34. The van der Waals surface area contributed by atoms with Crippen LogP contribution >= 0.6 is 0 Å². The second kappa shape index (κ2) is 7.24. The Morgan fingerprint density at radius 2 is 2.30 bits per heavy atom. The van der Waals surface area contributed by atoms with Crippen molar-refractivity contribution in [3.8, 4) is 0 Å². The van der Waals surface area contributed by atoms with Crippen molar-refractivity contribution in [1.29, 1.82) is 0 Å². The van der Waals surface area contributed by atoms with Gasteiger partial charge >= 0.3 is 0 Å². The average Bonchev–Trinajstić information content (AvgIpc) is 3.01. The lowest BCUT2D eigenvalue weighted by Gasteiger charge is -2.35. The van der Waals surface area contributed by atoms with E-state index in [1.54, 1.807) is 18.1 Å². The van der Waals surface area contributed by atoms with Gasteiger partial charge in [-0.25, -0.2) is 0 Å². The zero-order valence-electron chi connectivity index (χ0n) is 11.8. The third-order valence-electron chi connectivity index (χ3n) is 3.71. The number of ketones is 1. The van der Waals surface area contributed by atoms with Gasteiger partial charge in [0.25, 0.3) is 11.7 Å². The van der Waals surface area contributed by atoms with Crippen LogP contribution in [0.15, 0.2) is 22.8 Å². The van der Waals surface area contributed by atoms with Crippen LogP contribution in [-0.2, 0) is 9.53 Å². The molecule has 110 valence electrons. The van der Waals surface area contributed by atoms with Gasteiger partial charge < -0.3 is 14.1 Å². The monoisotopic (exact) mass is 279 g/mol. The maximum Gasteiger partial charge on any atom is 0.298 e. The summed E-state index contributed by atoms with van der Waals surface area (Å²) in [6, 6.07) is 3.29. The molecule has 0 aromatic carbocycles. The summed E-state index contributed by atoms with van der Waals surface area (Å²) in [6.07, 6.45) is 6.22. The lowest BCUT2D eigenvalue weighted by molar-refractivity contribution is -0.130. The number of rotatable bonds is 6. The molecule has 1 amide bonds. The minimum atomic E-state index is -0.548. The molecular weight excluding hydrogens is 258 g/mol. The lowest BCUT2D eigenvalue weighted by Crippen LogP contribution is -2.46. The van der Waals surface area contributed by atoms with Gasteiger partial charge in [-0.1, -0.05) is 0 Å². The first kappa shape index (κ1) is 14.8. The number of hydrogen-bond donors (Lipinski definition) is 0. The predicted octanol–water partition coefficient (Wildman–Crippen LogP) is 2.27. The van der Waals surface area contributed by atoms with E-state index < -0.39 is 11.7 Å². The fourth-order valence-electron chi connectivity index (χ4n) is 2.67. The molecule has 1 fully saturated rings. The molecule has 1 atom stereocenters. The molecule has 2 rings (SSSR count). The Hall–Kier alpha value is -1.62. The van der Waals surface area contributed by atoms with Crippen molar-refractivity contribution in [2.45, 2.75) is 38.1 Å². The molecule has 0 aliphatic carbocycles. The van der Waals surface area contributed by atoms with Crippen LogP contribution < -0.4 is 0 Å². The third-order valence-corrected chi connectivity index (χ3v) is 3.71. The van der Waals surface area contributed by atoms with Crippen LogP contribution in [0.1, 0.15) is 42.7 Å². The molecule has 1 aromatic rings. The molecule has 5 nitrogen and oxygen atoms in total. The van der Waals surface area contributed by atoms with Crippen LogP contribution in [0.25, 0.3) is 0 Å². The summed E-state index contributed by atoms with van der Waals surface area (Å²) in [5, 5.41) is 0. The molecule has 0 N–H and O–H groups in total. The summed E-state index contributed by atoms with van der Waals surface area (Å²) >= 11 is 0. The zero-order valence-corrected chi connectivity index (χ0v) is 11.8. The molecule has 0 unspecified atom stereocenters. The number of ether oxygens (including phenoxy) is 1. The van der Waals surface area contributed by atoms with Gasteiger partial charge in [0.1, 0.15) is 0 Å². The van der Waals surface area contributed by atoms with Gasteiger partial charge in [-0.05, 0) is 44.2 Å². The van der Waals surface area contributed by atoms with Gasteiger partial charge in [0.2, 0.25) is 0 Å². The van der Waals surface area contributed by atoms with Crippen molar-refractivity contribution in [2.75, 3.05) is 20.3 Å². The van der Waals surface area contributed by atoms with Crippen molar-refractivity contribution in [2.24, 2.45) is 0 Å². The smallest absolute Gasteiger partial charge is 0.298 e. The van der Waals surface area contributed by atoms with Crippen molar-refractivity contribution in [3.63, 3.8) is 0 Å². The summed E-state index contributed by atoms with van der Waals surface area (Å²) in [5.74, 6) is -0.869. The lowest BCUT2D eigenvalue weighted by atomic mass is 9.97. The van der Waals surface area contributed by atoms with Gasteiger partial charge in [0, 0.05) is 26.3 Å². The highest BCUT2D eigenvalue weighted by molar-refractivity contribution is 6.42. The van der Waals surface area contributed by atoms with Crippen molar-refractivity contribution < 1.29 is 18.7 Å². The Labute approximate surface area is 118 Å². The molecule has 1 aliphatic rings. The Morgan fingerprint density at radius 3 is 3.00 bits per heavy atom. The quantitative estimate of drug-likeness (QED) is 0.455. The number of carbonyl (C=O) groups is 2. The van der Waals surface area contributed by atoms with Gasteiger partial charge in [-0.2, -0.15) is 0 Å². The van der Waals surface area contributed by atoms with Crippen molar-refractivity contribution in [3.05, 3.63) is 24.2 Å². The summed E-state index contributed by atoms with van der Waals surface area (Å²) in [4.78, 5) is 26.1. The fourth-order valence-corrected chi connectivity index (χ4v) is 2.67. The van der Waals surface area contributed by atoms with Crippen LogP contribution in [0.2, 0.25) is 0 Å². The molecule has 0 spiro atoms. The van der Waals surface area contributed by atoms with Crippen LogP contribution in [0.4, 0.5) is 0 Å². The minimum Gasteiger partial charge on any atom is -0.461 e. The number of carbonyl (C=O) groups excluding carboxylic acids is 2. The van der Waals surface area contributed by atoms with E-state index in [0.29, 0.717) is 13.2 Å². The SMILES string of the molecule is COCCC[C@@H]1CCCCN1C(=O)C(=O)c1ccco1. The summed E-state index contributed by atoms with van der Waals surface area (Å²) in [7, 11) is 1.67. The number of methoxy groups -OCH3 is 1. The minimum absolute atomic E-state index is 0.121. The first-order valence-electron chi connectivity index (χ1n) is 7.11. The number of likely N-dealkylation sites (tertiary alicyclic amines) is 1. The number of furan rings is 1. The van der Waals surface area contributed by atoms with Crippen molar-refractivity contribution >= 4 is 11.7 Å². The molecular formula is C15H21NO4. The summed E-state index contributed by atoms with van der Waals surface area (Å²) < 4.78 is 10.1. The molecule has 1 aliphatic heterocycles. The predicted molar refractivity (Wildman–Crippen MR) is 73.5 cm³/mol. The standard InChI is InChI=1S/C15H21NO4/c1-19-10-4-7-12-6-2-3-9-16(12)15(18)14(17)13-8-5-11-20-13/h5,8,11-12H,2-4,6-7,9-10H2,1H3/t12-/m0/s1. The van der Waals surface area contributed by atoms with E-state index in [4.69, 9.17) is 9.15 Å². The van der Waals surface area contributed by atoms with Crippen LogP contribution in [0.5, 0.6) is 0 Å². The second-order valence-corrected chi connectivity index (χ2v) is 5.09. The first-order chi connectivity index (χ1) is 9.74. The number of Topliss-reactive ketones (excluding diaryl/α,β-unsaturated/α-hetero) is 1. The molecule has 0 saturated carbocycles. The van der Waals surface area contributed by atoms with Crippen LogP contribution in [0, 0.1) is 0 Å². The first-order valence-corrected chi connectivity index (χ1v) is 7.11. The number of nitrogens with zero attached hydrogens (tertiary/aromatic N) is 1. The molecule has 2 heterocycles. The normalized spacial score (nSPS) is 19.1. The van der Waals surface area contributed by atoms with Crippen LogP contribution in [0.3, 0.4) is 0 Å². The van der Waals surface area contributed by atoms with E-state index >= 15 is 0 Å². The third kappa shape index (κ3) is 3.48. The highest BCUT2D eigenvalue weighted by Crippen LogP contribution is 2.22. The summed E-state index contributed by atoms with van der Waals surface area (Å²) in [5.41, 5.74) is 0. The Morgan fingerprint density at radius 1 is 1.45 bits per heavy atom. The fraction of sp³-hybridized carbons (Fsp3) is 0.600. The van der Waals surface area contributed by atoms with E-state index in [2.05, 4.69) is 0 Å². The van der Waals surface area contributed by atoms with Gasteiger partial charge in [-0.3, -0.25) is 9.59 Å². The maximum atomic E-state index is 12.3. The molecule has 1 aromatic heterocycles. The highest BCUT2D eigenvalue weighted by atomic mass is 16.5. The second-order valence-electron chi connectivity index (χ2n) is 5.09. The van der Waals surface area contributed by atoms with Crippen LogP contribution in [-0.4, -0.2) is 42.9 Å². The van der Waals surface area contributed by atoms with E-state index in [-0.39, 0.29) is 11.8 Å². The Kier molecular flexibility index (Phi) is 5.35. The molecule has 0 bridgehead atoms. The highest BCUT2D eigenvalue weighted by Gasteiger charge is 2.31. The number of amides is 1. The molecule has 5 heteroatoms. The molecule has 20 heavy (non-hydrogen) atoms. The molecule has 1 saturated heterocycles. The van der Waals surface area contributed by atoms with Crippen molar-refractivity contribution in [1.82, 2.24) is 4.90 Å². The average molecular weight is 279 g/mol. The van der Waals surface area contributed by atoms with E-state index in [1.165, 1.54) is 12.3 Å².